The highest BCUT2D eigenvalue weighted by Gasteiger charge is 2.44. The Balaban J connectivity index is 1.44. The van der Waals surface area contributed by atoms with Crippen molar-refractivity contribution in [1.82, 2.24) is 9.80 Å². The molecule has 0 unspecified atom stereocenters. The minimum atomic E-state index is 0.257. The van der Waals surface area contributed by atoms with E-state index >= 15 is 0 Å². The Morgan fingerprint density at radius 3 is 2.86 bits per heavy atom. The predicted octanol–water partition coefficient (Wildman–Crippen LogP) is 1.37. The van der Waals surface area contributed by atoms with Crippen molar-refractivity contribution in [2.75, 3.05) is 59.7 Å². The van der Waals surface area contributed by atoms with Crippen molar-refractivity contribution in [2.45, 2.75) is 32.1 Å². The van der Waals surface area contributed by atoms with Gasteiger partial charge in [0.15, 0.2) is 0 Å². The Morgan fingerprint density at radius 2 is 2.18 bits per heavy atom. The first-order chi connectivity index (χ1) is 10.7. The third-order valence-corrected chi connectivity index (χ3v) is 5.64. The highest BCUT2D eigenvalue weighted by Crippen LogP contribution is 2.41. The highest BCUT2D eigenvalue weighted by atomic mass is 16.5. The smallest absolute Gasteiger partial charge is 0.223 e. The van der Waals surface area contributed by atoms with Gasteiger partial charge in [-0.1, -0.05) is 0 Å². The standard InChI is InChI=1S/C17H30N2O3/c1-21-9-2-6-19-14-17(11-16(19)20)4-7-18(8-5-17)12-15-3-10-22-13-15/h15H,2-14H2,1H3/t15-/m1/s1. The molecule has 0 N–H and O–H groups in total. The van der Waals surface area contributed by atoms with Gasteiger partial charge in [-0.15, -0.1) is 0 Å². The number of carbonyl (C=O) groups is 1. The number of piperidine rings is 1. The van der Waals surface area contributed by atoms with E-state index in [0.29, 0.717) is 5.91 Å². The zero-order chi connectivity index (χ0) is 15.4. The SMILES string of the molecule is COCCCN1CC2(CCN(C[C@H]3CCOC3)CC2)CC1=O. The number of likely N-dealkylation sites (tertiary alicyclic amines) is 2. The molecule has 0 aromatic heterocycles. The molecular formula is C17H30N2O3. The van der Waals surface area contributed by atoms with E-state index in [9.17, 15) is 4.79 Å². The number of methoxy groups -OCH3 is 1. The summed E-state index contributed by atoms with van der Waals surface area (Å²) >= 11 is 0. The van der Waals surface area contributed by atoms with E-state index in [4.69, 9.17) is 9.47 Å². The van der Waals surface area contributed by atoms with E-state index in [-0.39, 0.29) is 5.41 Å². The van der Waals surface area contributed by atoms with E-state index in [0.717, 1.165) is 64.8 Å². The molecule has 0 saturated carbocycles. The Labute approximate surface area is 133 Å². The number of ether oxygens (including phenoxy) is 2. The van der Waals surface area contributed by atoms with Crippen molar-refractivity contribution in [3.05, 3.63) is 0 Å². The fourth-order valence-corrected chi connectivity index (χ4v) is 4.22. The largest absolute Gasteiger partial charge is 0.385 e. The van der Waals surface area contributed by atoms with Gasteiger partial charge in [-0.3, -0.25) is 4.79 Å². The first-order valence-corrected chi connectivity index (χ1v) is 8.78. The van der Waals surface area contributed by atoms with E-state index in [1.165, 1.54) is 25.8 Å². The van der Waals surface area contributed by atoms with Crippen LogP contribution in [0.25, 0.3) is 0 Å². The molecule has 3 aliphatic heterocycles. The van der Waals surface area contributed by atoms with Crippen LogP contribution in [0.1, 0.15) is 32.1 Å². The average molecular weight is 310 g/mol. The lowest BCUT2D eigenvalue weighted by molar-refractivity contribution is -0.128. The summed E-state index contributed by atoms with van der Waals surface area (Å²) in [6.45, 7) is 7.93. The van der Waals surface area contributed by atoms with Gasteiger partial charge in [0.1, 0.15) is 0 Å². The van der Waals surface area contributed by atoms with Crippen molar-refractivity contribution in [2.24, 2.45) is 11.3 Å². The van der Waals surface area contributed by atoms with Crippen molar-refractivity contribution in [1.29, 1.82) is 0 Å². The maximum Gasteiger partial charge on any atom is 0.223 e. The van der Waals surface area contributed by atoms with Gasteiger partial charge in [0.05, 0.1) is 6.61 Å². The predicted molar refractivity (Wildman–Crippen MR) is 84.7 cm³/mol. The Hall–Kier alpha value is -0.650. The molecule has 3 fully saturated rings. The molecule has 126 valence electrons. The van der Waals surface area contributed by atoms with Crippen molar-refractivity contribution in [3.63, 3.8) is 0 Å². The number of nitrogens with zero attached hydrogens (tertiary/aromatic N) is 2. The Morgan fingerprint density at radius 1 is 1.36 bits per heavy atom. The maximum atomic E-state index is 12.3. The monoisotopic (exact) mass is 310 g/mol. The van der Waals surface area contributed by atoms with Gasteiger partial charge in [0.25, 0.3) is 0 Å². The second kappa shape index (κ2) is 7.28. The molecule has 1 amide bonds. The van der Waals surface area contributed by atoms with Crippen LogP contribution >= 0.6 is 0 Å². The van der Waals surface area contributed by atoms with E-state index in [2.05, 4.69) is 9.80 Å². The molecule has 5 heteroatoms. The van der Waals surface area contributed by atoms with Crippen molar-refractivity contribution < 1.29 is 14.3 Å². The van der Waals surface area contributed by atoms with Crippen LogP contribution in [0.5, 0.6) is 0 Å². The van der Waals surface area contributed by atoms with E-state index < -0.39 is 0 Å². The number of rotatable bonds is 6. The first kappa shape index (κ1) is 16.2. The van der Waals surface area contributed by atoms with Crippen LogP contribution in [0.3, 0.4) is 0 Å². The molecule has 0 aliphatic carbocycles. The molecule has 0 aromatic rings. The lowest BCUT2D eigenvalue weighted by Gasteiger charge is -2.39. The highest BCUT2D eigenvalue weighted by molar-refractivity contribution is 5.79. The molecule has 3 saturated heterocycles. The van der Waals surface area contributed by atoms with Crippen LogP contribution in [0.4, 0.5) is 0 Å². The van der Waals surface area contributed by atoms with Crippen LogP contribution in [-0.2, 0) is 14.3 Å². The number of carbonyl (C=O) groups excluding carboxylic acids is 1. The first-order valence-electron chi connectivity index (χ1n) is 8.78. The minimum absolute atomic E-state index is 0.257. The summed E-state index contributed by atoms with van der Waals surface area (Å²) in [6.07, 6.45) is 5.28. The van der Waals surface area contributed by atoms with Crippen LogP contribution in [0.2, 0.25) is 0 Å². The quantitative estimate of drug-likeness (QED) is 0.695. The summed E-state index contributed by atoms with van der Waals surface area (Å²) in [5, 5.41) is 0. The van der Waals surface area contributed by atoms with Gasteiger partial charge in [-0.05, 0) is 50.1 Å². The molecule has 0 bridgehead atoms. The molecule has 3 heterocycles. The molecule has 1 atom stereocenters. The second-order valence-electron chi connectivity index (χ2n) is 7.37. The summed E-state index contributed by atoms with van der Waals surface area (Å²) in [4.78, 5) is 16.9. The van der Waals surface area contributed by atoms with E-state index in [1.54, 1.807) is 7.11 Å². The van der Waals surface area contributed by atoms with Gasteiger partial charge in [-0.2, -0.15) is 0 Å². The fraction of sp³-hybridized carbons (Fsp3) is 0.941. The second-order valence-corrected chi connectivity index (χ2v) is 7.37. The molecule has 3 aliphatic rings. The van der Waals surface area contributed by atoms with Crippen LogP contribution in [0, 0.1) is 11.3 Å². The van der Waals surface area contributed by atoms with Gasteiger partial charge in [0, 0.05) is 46.4 Å². The molecule has 1 spiro atoms. The summed E-state index contributed by atoms with van der Waals surface area (Å²) in [6, 6.07) is 0. The summed E-state index contributed by atoms with van der Waals surface area (Å²) in [7, 11) is 1.72. The normalized spacial score (nSPS) is 28.9. The lowest BCUT2D eigenvalue weighted by atomic mass is 9.77. The van der Waals surface area contributed by atoms with Crippen molar-refractivity contribution in [3.8, 4) is 0 Å². The van der Waals surface area contributed by atoms with E-state index in [1.807, 2.05) is 0 Å². The third-order valence-electron chi connectivity index (χ3n) is 5.64. The van der Waals surface area contributed by atoms with Crippen molar-refractivity contribution >= 4 is 5.91 Å². The zero-order valence-corrected chi connectivity index (χ0v) is 13.9. The average Bonchev–Trinajstić information content (AvgIpc) is 3.11. The lowest BCUT2D eigenvalue weighted by Crippen LogP contribution is -2.43. The van der Waals surface area contributed by atoms with Crippen LogP contribution in [-0.4, -0.2) is 75.4 Å². The topological polar surface area (TPSA) is 42.0 Å². The third kappa shape index (κ3) is 3.81. The van der Waals surface area contributed by atoms with Gasteiger partial charge < -0.3 is 19.3 Å². The van der Waals surface area contributed by atoms with Crippen LogP contribution in [0.15, 0.2) is 0 Å². The molecular weight excluding hydrogens is 280 g/mol. The summed E-state index contributed by atoms with van der Waals surface area (Å²) < 4.78 is 10.6. The zero-order valence-electron chi connectivity index (χ0n) is 13.9. The van der Waals surface area contributed by atoms with Gasteiger partial charge in [0.2, 0.25) is 5.91 Å². The number of hydrogen-bond acceptors (Lipinski definition) is 4. The molecule has 3 rings (SSSR count). The van der Waals surface area contributed by atoms with Gasteiger partial charge in [-0.25, -0.2) is 0 Å². The molecule has 0 aromatic carbocycles. The maximum absolute atomic E-state index is 12.3. The summed E-state index contributed by atoms with van der Waals surface area (Å²) in [5.74, 6) is 1.08. The minimum Gasteiger partial charge on any atom is -0.385 e. The number of amides is 1. The van der Waals surface area contributed by atoms with Gasteiger partial charge >= 0.3 is 0 Å². The fourth-order valence-electron chi connectivity index (χ4n) is 4.22. The molecule has 0 radical (unpaired) electrons. The Kier molecular flexibility index (Phi) is 5.37. The van der Waals surface area contributed by atoms with Crippen LogP contribution < -0.4 is 0 Å². The Bertz CT molecular complexity index is 374. The number of hydrogen-bond donors (Lipinski definition) is 0. The molecule has 5 nitrogen and oxygen atoms in total. The summed E-state index contributed by atoms with van der Waals surface area (Å²) in [5.41, 5.74) is 0.257. The molecule has 22 heavy (non-hydrogen) atoms.